The molecule has 0 aliphatic rings. The van der Waals surface area contributed by atoms with Crippen LogP contribution in [-0.2, 0) is 0 Å². The molecule has 4 nitrogen and oxygen atoms in total. The highest BCUT2D eigenvalue weighted by Gasteiger charge is 2.08. The number of hydrogen-bond donors (Lipinski definition) is 1. The van der Waals surface area contributed by atoms with E-state index < -0.39 is 0 Å². The third kappa shape index (κ3) is 1.97. The zero-order valence-electron chi connectivity index (χ0n) is 9.81. The summed E-state index contributed by atoms with van der Waals surface area (Å²) in [6, 6.07) is 6.17. The largest absolute Gasteiger partial charge is 0.323 e. The number of benzene rings is 1. The molecule has 2 aromatic rings. The lowest BCUT2D eigenvalue weighted by Gasteiger charge is -2.05. The van der Waals surface area contributed by atoms with Crippen LogP contribution in [0.3, 0.4) is 0 Å². The van der Waals surface area contributed by atoms with Crippen LogP contribution in [0, 0.1) is 13.8 Å². The van der Waals surface area contributed by atoms with E-state index >= 15 is 0 Å². The summed E-state index contributed by atoms with van der Waals surface area (Å²) >= 11 is 0. The lowest BCUT2D eigenvalue weighted by Crippen LogP contribution is -2.05. The molecule has 2 N–H and O–H groups in total. The Labute approximate surface area is 95.1 Å². The van der Waals surface area contributed by atoms with Crippen molar-refractivity contribution in [1.82, 2.24) is 15.0 Å². The van der Waals surface area contributed by atoms with Crippen LogP contribution in [-0.4, -0.2) is 15.0 Å². The van der Waals surface area contributed by atoms with E-state index in [4.69, 9.17) is 5.73 Å². The van der Waals surface area contributed by atoms with E-state index in [0.29, 0.717) is 0 Å². The first-order valence-corrected chi connectivity index (χ1v) is 5.33. The smallest absolute Gasteiger partial charge is 0.0995 e. The van der Waals surface area contributed by atoms with E-state index in [1.54, 1.807) is 4.68 Å². The lowest BCUT2D eigenvalue weighted by atomic mass is 10.1. The van der Waals surface area contributed by atoms with Crippen molar-refractivity contribution in [2.75, 3.05) is 0 Å². The summed E-state index contributed by atoms with van der Waals surface area (Å²) in [5.74, 6) is 0. The van der Waals surface area contributed by atoms with Gasteiger partial charge in [-0.3, -0.25) is 0 Å². The Morgan fingerprint density at radius 3 is 2.69 bits per heavy atom. The predicted molar refractivity (Wildman–Crippen MR) is 63.4 cm³/mol. The van der Waals surface area contributed by atoms with Crippen molar-refractivity contribution >= 4 is 0 Å². The molecule has 0 fully saturated rings. The molecule has 0 aliphatic heterocycles. The van der Waals surface area contributed by atoms with Crippen LogP contribution < -0.4 is 5.73 Å². The van der Waals surface area contributed by atoms with Crippen LogP contribution in [0.15, 0.2) is 24.4 Å². The van der Waals surface area contributed by atoms with Crippen molar-refractivity contribution in [3.05, 3.63) is 41.2 Å². The van der Waals surface area contributed by atoms with Crippen molar-refractivity contribution in [2.24, 2.45) is 5.73 Å². The number of hydrogen-bond acceptors (Lipinski definition) is 3. The number of aromatic nitrogens is 3. The molecule has 4 heteroatoms. The van der Waals surface area contributed by atoms with Crippen LogP contribution in [0.1, 0.15) is 29.8 Å². The van der Waals surface area contributed by atoms with Gasteiger partial charge in [-0.25, -0.2) is 4.68 Å². The molecule has 16 heavy (non-hydrogen) atoms. The van der Waals surface area contributed by atoms with Gasteiger partial charge in [0.05, 0.1) is 17.6 Å². The predicted octanol–water partition coefficient (Wildman–Crippen LogP) is 1.90. The summed E-state index contributed by atoms with van der Waals surface area (Å²) in [5, 5.41) is 8.15. The molecule has 84 valence electrons. The first-order valence-electron chi connectivity index (χ1n) is 5.33. The summed E-state index contributed by atoms with van der Waals surface area (Å²) in [5.41, 5.74) is 10.00. The highest BCUT2D eigenvalue weighted by Crippen LogP contribution is 2.16. The molecule has 0 amide bonds. The molecule has 1 aromatic carbocycles. The first-order chi connectivity index (χ1) is 7.58. The van der Waals surface area contributed by atoms with Gasteiger partial charge >= 0.3 is 0 Å². The zero-order chi connectivity index (χ0) is 11.7. The molecule has 1 unspecified atom stereocenters. The van der Waals surface area contributed by atoms with Crippen molar-refractivity contribution < 1.29 is 0 Å². The molecule has 0 aliphatic carbocycles. The van der Waals surface area contributed by atoms with E-state index in [-0.39, 0.29) is 6.04 Å². The second-order valence-corrected chi connectivity index (χ2v) is 4.17. The molecule has 1 aromatic heterocycles. The Morgan fingerprint density at radius 1 is 1.31 bits per heavy atom. The molecule has 1 atom stereocenters. The van der Waals surface area contributed by atoms with Gasteiger partial charge in [-0.15, -0.1) is 5.10 Å². The van der Waals surface area contributed by atoms with Crippen molar-refractivity contribution in [1.29, 1.82) is 0 Å². The number of aryl methyl sites for hydroxylation is 2. The molecule has 0 saturated carbocycles. The Kier molecular flexibility index (Phi) is 2.75. The fraction of sp³-hybridized carbons (Fsp3) is 0.333. The van der Waals surface area contributed by atoms with Crippen LogP contribution in [0.25, 0.3) is 5.69 Å². The minimum Gasteiger partial charge on any atom is -0.323 e. The Morgan fingerprint density at radius 2 is 2.06 bits per heavy atom. The van der Waals surface area contributed by atoms with Crippen LogP contribution >= 0.6 is 0 Å². The molecule has 2 rings (SSSR count). The second-order valence-electron chi connectivity index (χ2n) is 4.17. The van der Waals surface area contributed by atoms with Gasteiger partial charge in [0.1, 0.15) is 0 Å². The number of rotatable bonds is 2. The summed E-state index contributed by atoms with van der Waals surface area (Å²) in [6.07, 6.45) is 1.88. The monoisotopic (exact) mass is 216 g/mol. The van der Waals surface area contributed by atoms with Gasteiger partial charge in [0.25, 0.3) is 0 Å². The molecule has 0 radical (unpaired) electrons. The molecule has 0 bridgehead atoms. The third-order valence-electron chi connectivity index (χ3n) is 2.59. The summed E-state index contributed by atoms with van der Waals surface area (Å²) in [4.78, 5) is 0. The highest BCUT2D eigenvalue weighted by molar-refractivity contribution is 5.42. The van der Waals surface area contributed by atoms with Gasteiger partial charge in [-0.2, -0.15) is 0 Å². The topological polar surface area (TPSA) is 56.7 Å². The van der Waals surface area contributed by atoms with E-state index in [9.17, 15) is 0 Å². The van der Waals surface area contributed by atoms with Gasteiger partial charge in [0, 0.05) is 6.04 Å². The standard InChI is InChI=1S/C12H16N4/c1-8-4-5-9(2)12(6-8)16-7-11(10(3)13)14-15-16/h4-7,10H,13H2,1-3H3. The Hall–Kier alpha value is -1.68. The quantitative estimate of drug-likeness (QED) is 0.834. The van der Waals surface area contributed by atoms with Gasteiger partial charge in [0.15, 0.2) is 0 Å². The maximum absolute atomic E-state index is 5.76. The van der Waals surface area contributed by atoms with Gasteiger partial charge in [0.2, 0.25) is 0 Å². The lowest BCUT2D eigenvalue weighted by molar-refractivity contribution is 0.755. The third-order valence-corrected chi connectivity index (χ3v) is 2.59. The fourth-order valence-corrected chi connectivity index (χ4v) is 1.57. The molecular weight excluding hydrogens is 200 g/mol. The Balaban J connectivity index is 2.46. The summed E-state index contributed by atoms with van der Waals surface area (Å²) < 4.78 is 1.78. The SMILES string of the molecule is Cc1ccc(C)c(-n2cc(C(C)N)nn2)c1. The van der Waals surface area contributed by atoms with E-state index in [0.717, 1.165) is 11.4 Å². The normalized spacial score (nSPS) is 12.8. The summed E-state index contributed by atoms with van der Waals surface area (Å²) in [7, 11) is 0. The average Bonchev–Trinajstić information content (AvgIpc) is 2.70. The molecular formula is C12H16N4. The molecule has 0 spiro atoms. The van der Waals surface area contributed by atoms with Crippen LogP contribution in [0.5, 0.6) is 0 Å². The maximum Gasteiger partial charge on any atom is 0.0995 e. The van der Waals surface area contributed by atoms with Gasteiger partial charge in [-0.1, -0.05) is 17.3 Å². The zero-order valence-corrected chi connectivity index (χ0v) is 9.81. The molecule has 0 saturated heterocycles. The minimum atomic E-state index is -0.0844. The van der Waals surface area contributed by atoms with Crippen LogP contribution in [0.2, 0.25) is 0 Å². The highest BCUT2D eigenvalue weighted by atomic mass is 15.4. The maximum atomic E-state index is 5.76. The second kappa shape index (κ2) is 4.06. The number of nitrogens with two attached hydrogens (primary N) is 1. The van der Waals surface area contributed by atoms with Crippen molar-refractivity contribution in [3.63, 3.8) is 0 Å². The average molecular weight is 216 g/mol. The van der Waals surface area contributed by atoms with E-state index in [1.165, 1.54) is 11.1 Å². The van der Waals surface area contributed by atoms with E-state index in [2.05, 4.69) is 42.4 Å². The van der Waals surface area contributed by atoms with Crippen molar-refractivity contribution in [3.8, 4) is 5.69 Å². The van der Waals surface area contributed by atoms with Gasteiger partial charge in [-0.05, 0) is 38.0 Å². The first kappa shape index (κ1) is 10.8. The number of nitrogens with zero attached hydrogens (tertiary/aromatic N) is 3. The van der Waals surface area contributed by atoms with Gasteiger partial charge < -0.3 is 5.73 Å². The van der Waals surface area contributed by atoms with E-state index in [1.807, 2.05) is 13.1 Å². The Bertz CT molecular complexity index is 499. The fourth-order valence-electron chi connectivity index (χ4n) is 1.57. The minimum absolute atomic E-state index is 0.0844. The van der Waals surface area contributed by atoms with Crippen LogP contribution in [0.4, 0.5) is 0 Å². The van der Waals surface area contributed by atoms with Crippen molar-refractivity contribution in [2.45, 2.75) is 26.8 Å². The molecule has 1 heterocycles. The summed E-state index contributed by atoms with van der Waals surface area (Å²) in [6.45, 7) is 6.02.